The molecular weight excluding hydrogens is 389 g/mol. The van der Waals surface area contributed by atoms with Crippen molar-refractivity contribution in [3.63, 3.8) is 0 Å². The lowest BCUT2D eigenvalue weighted by atomic mass is 10.1. The Kier molecular flexibility index (Phi) is 5.28. The molecule has 0 radical (unpaired) electrons. The van der Waals surface area contributed by atoms with E-state index < -0.39 is 0 Å². The number of rotatable bonds is 5. The van der Waals surface area contributed by atoms with E-state index in [1.54, 1.807) is 29.2 Å². The van der Waals surface area contributed by atoms with Gasteiger partial charge in [0, 0.05) is 37.3 Å². The summed E-state index contributed by atoms with van der Waals surface area (Å²) in [5, 5.41) is 3.44. The maximum absolute atomic E-state index is 13.5. The van der Waals surface area contributed by atoms with Crippen LogP contribution in [0.4, 0.5) is 10.2 Å². The number of benzene rings is 1. The summed E-state index contributed by atoms with van der Waals surface area (Å²) < 4.78 is 18.4. The highest BCUT2D eigenvalue weighted by molar-refractivity contribution is 6.08. The number of fused-ring (bicyclic) bond motifs is 1. The molecule has 30 heavy (non-hydrogen) atoms. The fraction of sp³-hybridized carbons (Fsp3) is 0.238. The number of nitrogens with zero attached hydrogens (tertiary/aromatic N) is 3. The van der Waals surface area contributed by atoms with E-state index >= 15 is 0 Å². The van der Waals surface area contributed by atoms with E-state index in [0.717, 1.165) is 0 Å². The number of nitrogens with two attached hydrogens (primary N) is 1. The van der Waals surface area contributed by atoms with E-state index in [2.05, 4.69) is 15.3 Å². The minimum atomic E-state index is -0.368. The van der Waals surface area contributed by atoms with Crippen LogP contribution in [0, 0.1) is 5.82 Å². The minimum absolute atomic E-state index is 0.0203. The van der Waals surface area contributed by atoms with Crippen LogP contribution in [0.2, 0.25) is 0 Å². The number of anilines is 1. The highest BCUT2D eigenvalue weighted by Gasteiger charge is 2.32. The first-order valence-corrected chi connectivity index (χ1v) is 9.35. The van der Waals surface area contributed by atoms with Gasteiger partial charge in [-0.3, -0.25) is 9.59 Å². The van der Waals surface area contributed by atoms with Crippen molar-refractivity contribution in [2.45, 2.75) is 6.04 Å². The molecule has 3 aromatic rings. The van der Waals surface area contributed by atoms with Crippen molar-refractivity contribution >= 4 is 28.5 Å². The molecule has 2 aromatic heterocycles. The summed E-state index contributed by atoms with van der Waals surface area (Å²) in [4.78, 5) is 34.7. The average molecular weight is 409 g/mol. The SMILES string of the molecule is COCC(=O)N1CC(NC(=O)c2cnc(N)c3nc(-c4cccc(F)c4)ccc23)C1. The molecule has 0 aliphatic carbocycles. The van der Waals surface area contributed by atoms with Crippen LogP contribution < -0.4 is 11.1 Å². The number of ether oxygens (including phenoxy) is 1. The molecule has 0 unspecified atom stereocenters. The third kappa shape index (κ3) is 3.79. The van der Waals surface area contributed by atoms with Crippen LogP contribution in [0.15, 0.2) is 42.6 Å². The summed E-state index contributed by atoms with van der Waals surface area (Å²) in [5.41, 5.74) is 7.81. The quantitative estimate of drug-likeness (QED) is 0.662. The largest absolute Gasteiger partial charge is 0.382 e. The van der Waals surface area contributed by atoms with E-state index in [4.69, 9.17) is 10.5 Å². The molecule has 0 spiro atoms. The molecule has 1 fully saturated rings. The van der Waals surface area contributed by atoms with Gasteiger partial charge in [0.1, 0.15) is 23.8 Å². The first-order chi connectivity index (χ1) is 14.5. The molecule has 3 N–H and O–H groups in total. The maximum Gasteiger partial charge on any atom is 0.253 e. The average Bonchev–Trinajstić information content (AvgIpc) is 2.70. The molecule has 9 heteroatoms. The fourth-order valence-electron chi connectivity index (χ4n) is 3.38. The van der Waals surface area contributed by atoms with Crippen molar-refractivity contribution in [2.75, 3.05) is 32.5 Å². The first-order valence-electron chi connectivity index (χ1n) is 9.35. The Morgan fingerprint density at radius 2 is 2.10 bits per heavy atom. The van der Waals surface area contributed by atoms with Crippen molar-refractivity contribution in [1.29, 1.82) is 0 Å². The molecule has 1 aromatic carbocycles. The van der Waals surface area contributed by atoms with Crippen LogP contribution in [-0.4, -0.2) is 59.5 Å². The van der Waals surface area contributed by atoms with E-state index in [-0.39, 0.29) is 36.1 Å². The number of nitrogen functional groups attached to an aromatic ring is 1. The van der Waals surface area contributed by atoms with Gasteiger partial charge in [0.25, 0.3) is 5.91 Å². The molecule has 0 atom stereocenters. The Bertz CT molecular complexity index is 1130. The Labute approximate surface area is 171 Å². The monoisotopic (exact) mass is 409 g/mol. The molecule has 4 rings (SSSR count). The van der Waals surface area contributed by atoms with Gasteiger partial charge in [0.15, 0.2) is 0 Å². The highest BCUT2D eigenvalue weighted by atomic mass is 19.1. The number of nitrogens with one attached hydrogen (secondary N) is 1. The third-order valence-electron chi connectivity index (χ3n) is 4.96. The number of hydrogen-bond acceptors (Lipinski definition) is 6. The van der Waals surface area contributed by atoms with Crippen LogP contribution in [0.5, 0.6) is 0 Å². The maximum atomic E-state index is 13.5. The zero-order valence-corrected chi connectivity index (χ0v) is 16.3. The molecule has 1 aliphatic heterocycles. The van der Waals surface area contributed by atoms with Gasteiger partial charge in [-0.25, -0.2) is 14.4 Å². The number of carbonyl (C=O) groups is 2. The van der Waals surface area contributed by atoms with E-state index in [0.29, 0.717) is 40.8 Å². The number of hydrogen-bond donors (Lipinski definition) is 2. The molecule has 0 bridgehead atoms. The Morgan fingerprint density at radius 1 is 1.30 bits per heavy atom. The van der Waals surface area contributed by atoms with Gasteiger partial charge in [-0.05, 0) is 24.3 Å². The van der Waals surface area contributed by atoms with Crippen LogP contribution in [0.3, 0.4) is 0 Å². The van der Waals surface area contributed by atoms with Crippen molar-refractivity contribution in [3.8, 4) is 11.3 Å². The molecule has 1 aliphatic rings. The van der Waals surface area contributed by atoms with E-state index in [9.17, 15) is 14.0 Å². The summed E-state index contributed by atoms with van der Waals surface area (Å²) >= 11 is 0. The second kappa shape index (κ2) is 8.03. The van der Waals surface area contributed by atoms with Gasteiger partial charge >= 0.3 is 0 Å². The number of pyridine rings is 2. The van der Waals surface area contributed by atoms with Crippen LogP contribution >= 0.6 is 0 Å². The molecule has 154 valence electrons. The van der Waals surface area contributed by atoms with Gasteiger partial charge in [-0.15, -0.1) is 0 Å². The molecule has 2 amide bonds. The lowest BCUT2D eigenvalue weighted by Crippen LogP contribution is -2.61. The number of halogens is 1. The number of carbonyl (C=O) groups excluding carboxylic acids is 2. The summed E-state index contributed by atoms with van der Waals surface area (Å²) in [7, 11) is 1.46. The smallest absolute Gasteiger partial charge is 0.253 e. The van der Waals surface area contributed by atoms with Gasteiger partial charge < -0.3 is 20.7 Å². The lowest BCUT2D eigenvalue weighted by molar-refractivity contribution is -0.139. The van der Waals surface area contributed by atoms with Crippen LogP contribution in [-0.2, 0) is 9.53 Å². The summed E-state index contributed by atoms with van der Waals surface area (Å²) in [6.45, 7) is 0.874. The normalized spacial score (nSPS) is 13.9. The van der Waals surface area contributed by atoms with Gasteiger partial charge in [0.05, 0.1) is 17.3 Å². The summed E-state index contributed by atoms with van der Waals surface area (Å²) in [5.74, 6) is -0.625. The Hall–Kier alpha value is -3.59. The number of likely N-dealkylation sites (tertiary alicyclic amines) is 1. The highest BCUT2D eigenvalue weighted by Crippen LogP contribution is 2.26. The van der Waals surface area contributed by atoms with Crippen molar-refractivity contribution in [1.82, 2.24) is 20.2 Å². The first kappa shape index (κ1) is 19.7. The van der Waals surface area contributed by atoms with Crippen LogP contribution in [0.25, 0.3) is 22.2 Å². The second-order valence-electron chi connectivity index (χ2n) is 7.06. The summed E-state index contributed by atoms with van der Waals surface area (Å²) in [6, 6.07) is 9.36. The fourth-order valence-corrected chi connectivity index (χ4v) is 3.38. The van der Waals surface area contributed by atoms with Gasteiger partial charge in [-0.1, -0.05) is 12.1 Å². The molecule has 3 heterocycles. The number of amides is 2. The minimum Gasteiger partial charge on any atom is -0.382 e. The Balaban J connectivity index is 1.56. The van der Waals surface area contributed by atoms with Gasteiger partial charge in [-0.2, -0.15) is 0 Å². The molecule has 8 nitrogen and oxygen atoms in total. The molecule has 0 saturated carbocycles. The standard InChI is InChI=1S/C21H20FN5O3/c1-30-11-18(28)27-9-14(10-27)25-21(29)16-8-24-20(23)19-15(16)5-6-17(26-19)12-3-2-4-13(22)7-12/h2-8,14H,9-11H2,1H3,(H2,23,24)(H,25,29). The van der Waals surface area contributed by atoms with Crippen LogP contribution in [0.1, 0.15) is 10.4 Å². The van der Waals surface area contributed by atoms with E-state index in [1.807, 2.05) is 0 Å². The summed E-state index contributed by atoms with van der Waals surface area (Å²) in [6.07, 6.45) is 1.41. The zero-order chi connectivity index (χ0) is 21.3. The Morgan fingerprint density at radius 3 is 2.83 bits per heavy atom. The van der Waals surface area contributed by atoms with Gasteiger partial charge in [0.2, 0.25) is 5.91 Å². The molecule has 1 saturated heterocycles. The third-order valence-corrected chi connectivity index (χ3v) is 4.96. The van der Waals surface area contributed by atoms with Crippen molar-refractivity contribution in [2.24, 2.45) is 0 Å². The number of methoxy groups -OCH3 is 1. The number of aromatic nitrogens is 2. The van der Waals surface area contributed by atoms with E-state index in [1.165, 1.54) is 25.4 Å². The predicted octanol–water partition coefficient (Wildman–Crippen LogP) is 1.61. The second-order valence-corrected chi connectivity index (χ2v) is 7.06. The van der Waals surface area contributed by atoms with Crippen molar-refractivity contribution in [3.05, 3.63) is 54.0 Å². The van der Waals surface area contributed by atoms with Crippen molar-refractivity contribution < 1.29 is 18.7 Å². The lowest BCUT2D eigenvalue weighted by Gasteiger charge is -2.39. The molecular formula is C21H20FN5O3. The topological polar surface area (TPSA) is 110 Å². The zero-order valence-electron chi connectivity index (χ0n) is 16.3. The predicted molar refractivity (Wildman–Crippen MR) is 109 cm³/mol.